The molecule has 4 rings (SSSR count). The molecule has 4 aromatic rings. The molecule has 0 spiro atoms. The second kappa shape index (κ2) is 9.67. The number of anilines is 1. The van der Waals surface area contributed by atoms with Gasteiger partial charge >= 0.3 is 5.97 Å². The van der Waals surface area contributed by atoms with Crippen molar-refractivity contribution in [1.29, 1.82) is 0 Å². The quantitative estimate of drug-likeness (QED) is 0.294. The number of benzene rings is 3. The molecule has 10 heteroatoms. The van der Waals surface area contributed by atoms with Crippen molar-refractivity contribution in [2.75, 3.05) is 5.32 Å². The van der Waals surface area contributed by atoms with Crippen molar-refractivity contribution in [3.8, 4) is 5.88 Å². The summed E-state index contributed by atoms with van der Waals surface area (Å²) < 4.78 is 2.12. The number of hydrogen-bond donors (Lipinski definition) is 3. The number of carbonyl (C=O) groups is 3. The highest BCUT2D eigenvalue weighted by atomic mass is 79.9. The number of halogens is 1. The van der Waals surface area contributed by atoms with Gasteiger partial charge in [0.25, 0.3) is 5.91 Å². The van der Waals surface area contributed by atoms with Gasteiger partial charge < -0.3 is 20.1 Å². The maximum absolute atomic E-state index is 12.7. The van der Waals surface area contributed by atoms with Crippen molar-refractivity contribution >= 4 is 56.0 Å². The number of rotatable bonds is 6. The second-order valence-corrected chi connectivity index (χ2v) is 8.10. The zero-order valence-corrected chi connectivity index (χ0v) is 19.1. The van der Waals surface area contributed by atoms with E-state index in [9.17, 15) is 24.6 Å². The zero-order chi connectivity index (χ0) is 24.2. The Hall–Kier alpha value is -4.31. The van der Waals surface area contributed by atoms with Crippen molar-refractivity contribution in [3.63, 3.8) is 0 Å². The molecule has 1 aromatic heterocycles. The number of carboxylic acids is 1. The van der Waals surface area contributed by atoms with E-state index in [4.69, 9.17) is 0 Å². The number of carboxylic acid groups (broad SMARTS) is 1. The lowest BCUT2D eigenvalue weighted by Gasteiger charge is -2.10. The van der Waals surface area contributed by atoms with Gasteiger partial charge in [-0.25, -0.2) is 4.79 Å². The standard InChI is InChI=1S/C24H17BrN4O5/c25-15-11-9-14(10-12-15)22(31)28-27-21-17-6-2-4-8-19(17)29(23(21)32)13-20(30)26-18-7-3-1-5-16(18)24(33)34/h1-12,32H,13H2,(H,26,30)(H,33,34). The topological polar surface area (TPSA) is 133 Å². The molecule has 0 saturated heterocycles. The lowest BCUT2D eigenvalue weighted by molar-refractivity contribution is -0.116. The average molecular weight is 521 g/mol. The van der Waals surface area contributed by atoms with E-state index >= 15 is 0 Å². The van der Waals surface area contributed by atoms with Gasteiger partial charge in [0.05, 0.1) is 16.8 Å². The number of carbonyl (C=O) groups excluding carboxylic acids is 2. The number of aromatic carboxylic acids is 1. The molecule has 1 heterocycles. The fraction of sp³-hybridized carbons (Fsp3) is 0.0417. The molecule has 0 bridgehead atoms. The van der Waals surface area contributed by atoms with Crippen LogP contribution in [0.5, 0.6) is 5.88 Å². The number of aromatic hydroxyl groups is 1. The van der Waals surface area contributed by atoms with Crippen LogP contribution in [0.4, 0.5) is 11.4 Å². The summed E-state index contributed by atoms with van der Waals surface area (Å²) in [6, 6.07) is 19.4. The zero-order valence-electron chi connectivity index (χ0n) is 17.5. The Kier molecular flexibility index (Phi) is 6.51. The van der Waals surface area contributed by atoms with Gasteiger partial charge in [-0.15, -0.1) is 10.2 Å². The van der Waals surface area contributed by atoms with Gasteiger partial charge in [-0.2, -0.15) is 0 Å². The van der Waals surface area contributed by atoms with Crippen LogP contribution in [-0.2, 0) is 11.3 Å². The molecule has 0 fully saturated rings. The largest absolute Gasteiger partial charge is 0.493 e. The van der Waals surface area contributed by atoms with Crippen molar-refractivity contribution in [2.45, 2.75) is 6.54 Å². The third-order valence-electron chi connectivity index (χ3n) is 4.98. The van der Waals surface area contributed by atoms with E-state index in [1.165, 1.54) is 16.7 Å². The van der Waals surface area contributed by atoms with Gasteiger partial charge in [-0.1, -0.05) is 46.3 Å². The summed E-state index contributed by atoms with van der Waals surface area (Å²) in [6.45, 7) is -0.323. The maximum Gasteiger partial charge on any atom is 0.337 e. The van der Waals surface area contributed by atoms with Crippen LogP contribution in [-0.4, -0.2) is 32.6 Å². The summed E-state index contributed by atoms with van der Waals surface area (Å²) in [7, 11) is 0. The first-order valence-electron chi connectivity index (χ1n) is 9.99. The Morgan fingerprint density at radius 3 is 2.35 bits per heavy atom. The van der Waals surface area contributed by atoms with E-state index in [1.54, 1.807) is 60.7 Å². The van der Waals surface area contributed by atoms with Crippen LogP contribution >= 0.6 is 15.9 Å². The van der Waals surface area contributed by atoms with Crippen LogP contribution in [0.2, 0.25) is 0 Å². The SMILES string of the molecule is O=C(Cn1c(O)c(N=NC(=O)c2ccc(Br)cc2)c2ccccc21)Nc1ccccc1C(=O)O. The normalized spacial score (nSPS) is 11.1. The molecule has 170 valence electrons. The molecule has 0 saturated carbocycles. The summed E-state index contributed by atoms with van der Waals surface area (Å²) in [4.78, 5) is 36.5. The van der Waals surface area contributed by atoms with Crippen molar-refractivity contribution in [3.05, 3.63) is 88.4 Å². The van der Waals surface area contributed by atoms with Gasteiger partial charge in [0, 0.05) is 15.4 Å². The molecular weight excluding hydrogens is 504 g/mol. The Labute approximate surface area is 201 Å². The molecule has 9 nitrogen and oxygen atoms in total. The van der Waals surface area contributed by atoms with Gasteiger partial charge in [0.15, 0.2) is 5.69 Å². The molecular formula is C24H17BrN4O5. The van der Waals surface area contributed by atoms with E-state index in [1.807, 2.05) is 0 Å². The molecule has 3 N–H and O–H groups in total. The van der Waals surface area contributed by atoms with E-state index in [2.05, 4.69) is 31.5 Å². The smallest absolute Gasteiger partial charge is 0.337 e. The highest BCUT2D eigenvalue weighted by Gasteiger charge is 2.20. The van der Waals surface area contributed by atoms with Crippen LogP contribution in [0.3, 0.4) is 0 Å². The number of azo groups is 1. The van der Waals surface area contributed by atoms with Crippen LogP contribution in [0.1, 0.15) is 20.7 Å². The second-order valence-electron chi connectivity index (χ2n) is 7.19. The van der Waals surface area contributed by atoms with E-state index in [0.717, 1.165) is 4.47 Å². The molecule has 0 radical (unpaired) electrons. The van der Waals surface area contributed by atoms with Gasteiger partial charge in [0.1, 0.15) is 6.54 Å². The lowest BCUT2D eigenvalue weighted by atomic mass is 10.2. The Morgan fingerprint density at radius 2 is 1.62 bits per heavy atom. The third-order valence-corrected chi connectivity index (χ3v) is 5.51. The van der Waals surface area contributed by atoms with Crippen LogP contribution in [0, 0.1) is 0 Å². The van der Waals surface area contributed by atoms with Crippen LogP contribution in [0.15, 0.2) is 87.5 Å². The van der Waals surface area contributed by atoms with Crippen LogP contribution < -0.4 is 5.32 Å². The number of amides is 2. The van der Waals surface area contributed by atoms with Crippen molar-refractivity contribution in [2.24, 2.45) is 10.2 Å². The molecule has 0 aliphatic rings. The third kappa shape index (κ3) is 4.71. The number of para-hydroxylation sites is 2. The molecule has 0 aliphatic carbocycles. The minimum atomic E-state index is -1.18. The maximum atomic E-state index is 12.7. The molecule has 0 aliphatic heterocycles. The average Bonchev–Trinajstić information content (AvgIpc) is 3.09. The molecule has 0 unspecified atom stereocenters. The number of fused-ring (bicyclic) bond motifs is 1. The van der Waals surface area contributed by atoms with E-state index in [0.29, 0.717) is 16.5 Å². The van der Waals surface area contributed by atoms with E-state index < -0.39 is 17.8 Å². The predicted octanol–water partition coefficient (Wildman–Crippen LogP) is 5.37. The first-order chi connectivity index (χ1) is 16.3. The molecule has 3 aromatic carbocycles. The highest BCUT2D eigenvalue weighted by molar-refractivity contribution is 9.10. The summed E-state index contributed by atoms with van der Waals surface area (Å²) in [6.07, 6.45) is 0. The monoisotopic (exact) mass is 520 g/mol. The predicted molar refractivity (Wildman–Crippen MR) is 129 cm³/mol. The molecule has 0 atom stereocenters. The van der Waals surface area contributed by atoms with Crippen molar-refractivity contribution in [1.82, 2.24) is 4.57 Å². The fourth-order valence-electron chi connectivity index (χ4n) is 3.39. The van der Waals surface area contributed by atoms with Gasteiger partial charge in [-0.3, -0.25) is 9.59 Å². The summed E-state index contributed by atoms with van der Waals surface area (Å²) in [5, 5.41) is 30.9. The summed E-state index contributed by atoms with van der Waals surface area (Å²) in [5.41, 5.74) is 0.937. The van der Waals surface area contributed by atoms with Crippen molar-refractivity contribution < 1.29 is 24.6 Å². The summed E-state index contributed by atoms with van der Waals surface area (Å²) in [5.74, 6) is -2.68. The Morgan fingerprint density at radius 1 is 0.941 bits per heavy atom. The number of nitrogens with zero attached hydrogens (tertiary/aromatic N) is 3. The number of hydrogen-bond acceptors (Lipinski definition) is 5. The lowest BCUT2D eigenvalue weighted by Crippen LogP contribution is -2.20. The fourth-order valence-corrected chi connectivity index (χ4v) is 3.65. The van der Waals surface area contributed by atoms with Crippen LogP contribution in [0.25, 0.3) is 10.9 Å². The molecule has 2 amide bonds. The number of nitrogens with one attached hydrogen (secondary N) is 1. The van der Waals surface area contributed by atoms with E-state index in [-0.39, 0.29) is 29.4 Å². The minimum Gasteiger partial charge on any atom is -0.493 e. The van der Waals surface area contributed by atoms with Gasteiger partial charge in [0.2, 0.25) is 11.8 Å². The minimum absolute atomic E-state index is 0.0415. The first kappa shape index (κ1) is 22.9. The molecule has 34 heavy (non-hydrogen) atoms. The Bertz CT molecular complexity index is 1440. The first-order valence-corrected chi connectivity index (χ1v) is 10.8. The Balaban J connectivity index is 1.63. The van der Waals surface area contributed by atoms with Gasteiger partial charge in [-0.05, 0) is 42.5 Å². The number of aromatic nitrogens is 1. The summed E-state index contributed by atoms with van der Waals surface area (Å²) >= 11 is 3.30. The highest BCUT2D eigenvalue weighted by Crippen LogP contribution is 2.39.